The van der Waals surface area contributed by atoms with Crippen LogP contribution in [0.25, 0.3) is 6.08 Å². The van der Waals surface area contributed by atoms with E-state index in [0.717, 1.165) is 9.75 Å². The minimum Gasteiger partial charge on any atom is -0.467 e. The highest BCUT2D eigenvalue weighted by Gasteiger charge is 2.35. The van der Waals surface area contributed by atoms with E-state index in [1.165, 1.54) is 12.3 Å². The van der Waals surface area contributed by atoms with Gasteiger partial charge in [0.2, 0.25) is 0 Å². The van der Waals surface area contributed by atoms with Gasteiger partial charge in [0, 0.05) is 15.8 Å². The predicted molar refractivity (Wildman–Crippen MR) is 106 cm³/mol. The summed E-state index contributed by atoms with van der Waals surface area (Å²) >= 11 is 1.54. The molecule has 2 N–H and O–H groups in total. The number of aryl methyl sites for hydroxylation is 1. The second-order valence-corrected chi connectivity index (χ2v) is 7.37. The van der Waals surface area contributed by atoms with Gasteiger partial charge in [-0.1, -0.05) is 0 Å². The Morgan fingerprint density at radius 2 is 2.10 bits per heavy atom. The summed E-state index contributed by atoms with van der Waals surface area (Å²) in [6, 6.07) is 5.72. The fourth-order valence-corrected chi connectivity index (χ4v) is 3.52. The Morgan fingerprint density at radius 1 is 1.28 bits per heavy atom. The molecule has 9 heteroatoms. The van der Waals surface area contributed by atoms with Crippen LogP contribution < -0.4 is 10.6 Å². The van der Waals surface area contributed by atoms with Crippen LogP contribution in [0.2, 0.25) is 0 Å². The molecule has 0 saturated heterocycles. The predicted octanol–water partition coefficient (Wildman–Crippen LogP) is 3.08. The first-order valence-corrected chi connectivity index (χ1v) is 9.72. The Morgan fingerprint density at radius 3 is 2.76 bits per heavy atom. The zero-order valence-corrected chi connectivity index (χ0v) is 16.7. The third-order valence-corrected chi connectivity index (χ3v) is 4.95. The molecule has 1 aliphatic rings. The number of carbonyl (C=O) groups is 3. The first kappa shape index (κ1) is 20.4. The number of nitrogens with one attached hydrogen (secondary N) is 2. The van der Waals surface area contributed by atoms with Crippen molar-refractivity contribution in [2.45, 2.75) is 19.9 Å². The lowest BCUT2D eigenvalue weighted by atomic mass is 10.0. The van der Waals surface area contributed by atoms with Crippen molar-refractivity contribution in [2.24, 2.45) is 0 Å². The van der Waals surface area contributed by atoms with E-state index in [1.54, 1.807) is 36.5 Å². The first-order valence-electron chi connectivity index (χ1n) is 8.90. The molecule has 1 aliphatic heterocycles. The van der Waals surface area contributed by atoms with E-state index in [-0.39, 0.29) is 24.5 Å². The zero-order chi connectivity index (χ0) is 20.8. The van der Waals surface area contributed by atoms with Crippen LogP contribution in [0.1, 0.15) is 28.5 Å². The Labute approximate surface area is 171 Å². The third-order valence-electron chi connectivity index (χ3n) is 3.98. The lowest BCUT2D eigenvalue weighted by molar-refractivity contribution is -0.140. The Bertz CT molecular complexity index is 958. The molecule has 2 aromatic rings. The number of esters is 2. The number of carbonyl (C=O) groups excluding carboxylic acids is 3. The van der Waals surface area contributed by atoms with Crippen LogP contribution in [0.5, 0.6) is 0 Å². The highest BCUT2D eigenvalue weighted by Crippen LogP contribution is 2.28. The normalized spacial score (nSPS) is 16.5. The quantitative estimate of drug-likeness (QED) is 0.531. The summed E-state index contributed by atoms with van der Waals surface area (Å²) in [6.45, 7) is 3.49. The maximum Gasteiger partial charge on any atom is 0.338 e. The van der Waals surface area contributed by atoms with Gasteiger partial charge in [-0.15, -0.1) is 11.3 Å². The van der Waals surface area contributed by atoms with Crippen molar-refractivity contribution in [1.29, 1.82) is 0 Å². The largest absolute Gasteiger partial charge is 0.467 e. The van der Waals surface area contributed by atoms with Crippen LogP contribution in [0.3, 0.4) is 0 Å². The zero-order valence-electron chi connectivity index (χ0n) is 15.9. The molecule has 3 rings (SSSR count). The molecule has 0 spiro atoms. The van der Waals surface area contributed by atoms with Crippen LogP contribution in [0, 0.1) is 6.92 Å². The van der Waals surface area contributed by atoms with Gasteiger partial charge in [0.1, 0.15) is 18.4 Å². The molecule has 1 unspecified atom stereocenters. The summed E-state index contributed by atoms with van der Waals surface area (Å²) in [5, 5.41) is 5.14. The molecule has 0 fully saturated rings. The lowest BCUT2D eigenvalue weighted by Crippen LogP contribution is -2.47. The number of hydrogen-bond donors (Lipinski definition) is 2. The number of furan rings is 1. The van der Waals surface area contributed by atoms with Crippen molar-refractivity contribution in [2.75, 3.05) is 13.2 Å². The Kier molecular flexibility index (Phi) is 6.50. The molecule has 3 heterocycles. The molecule has 0 bridgehead atoms. The summed E-state index contributed by atoms with van der Waals surface area (Å²) in [7, 11) is 0. The molecular weight excluding hydrogens is 396 g/mol. The van der Waals surface area contributed by atoms with Gasteiger partial charge < -0.3 is 24.5 Å². The summed E-state index contributed by atoms with van der Waals surface area (Å²) in [5.74, 6) is -0.883. The monoisotopic (exact) mass is 416 g/mol. The molecule has 8 nitrogen and oxygen atoms in total. The van der Waals surface area contributed by atoms with Gasteiger partial charge in [0.25, 0.3) is 0 Å². The van der Waals surface area contributed by atoms with E-state index in [2.05, 4.69) is 10.6 Å². The van der Waals surface area contributed by atoms with E-state index in [1.807, 2.05) is 19.1 Å². The maximum absolute atomic E-state index is 12.5. The standard InChI is InChI=1S/C20H20N2O6S/c1-3-26-19(24)17-14(21-20(25)22-18(17)15-5-4-10-27-15)11-28-16(23)9-8-13-7-6-12(2)29-13/h4-10,18H,3,11H2,1-2H3,(H2,21,22,25)/b9-8+. The molecule has 2 amide bonds. The number of hydrogen-bond acceptors (Lipinski definition) is 7. The number of amides is 2. The summed E-state index contributed by atoms with van der Waals surface area (Å²) in [6.07, 6.45) is 4.37. The topological polar surface area (TPSA) is 107 Å². The molecule has 0 radical (unpaired) electrons. The molecule has 29 heavy (non-hydrogen) atoms. The van der Waals surface area contributed by atoms with E-state index < -0.39 is 24.0 Å². The first-order chi connectivity index (χ1) is 14.0. The minimum atomic E-state index is -0.851. The third kappa shape index (κ3) is 5.14. The van der Waals surface area contributed by atoms with E-state index in [9.17, 15) is 14.4 Å². The van der Waals surface area contributed by atoms with Crippen molar-refractivity contribution in [3.8, 4) is 0 Å². The van der Waals surface area contributed by atoms with Gasteiger partial charge in [-0.25, -0.2) is 14.4 Å². The second kappa shape index (κ2) is 9.24. The van der Waals surface area contributed by atoms with E-state index in [0.29, 0.717) is 5.76 Å². The lowest BCUT2D eigenvalue weighted by Gasteiger charge is -2.27. The van der Waals surface area contributed by atoms with Crippen LogP contribution in [-0.2, 0) is 19.1 Å². The number of rotatable bonds is 7. The number of thiophene rings is 1. The second-order valence-electron chi connectivity index (χ2n) is 6.05. The molecular formula is C20H20N2O6S. The molecule has 152 valence electrons. The van der Waals surface area contributed by atoms with E-state index >= 15 is 0 Å². The Balaban J connectivity index is 1.79. The molecule has 0 saturated carbocycles. The number of urea groups is 1. The average Bonchev–Trinajstić information content (AvgIpc) is 3.36. The summed E-state index contributed by atoms with van der Waals surface area (Å²) in [5.41, 5.74) is 0.259. The van der Waals surface area contributed by atoms with Crippen molar-refractivity contribution >= 4 is 35.4 Å². The van der Waals surface area contributed by atoms with E-state index in [4.69, 9.17) is 13.9 Å². The average molecular weight is 416 g/mol. The van der Waals surface area contributed by atoms with Gasteiger partial charge in [-0.2, -0.15) is 0 Å². The smallest absolute Gasteiger partial charge is 0.338 e. The van der Waals surface area contributed by atoms with Crippen molar-refractivity contribution in [1.82, 2.24) is 10.6 Å². The van der Waals surface area contributed by atoms with Crippen LogP contribution in [0.15, 0.2) is 52.3 Å². The van der Waals surface area contributed by atoms with Gasteiger partial charge in [0.05, 0.1) is 24.1 Å². The molecule has 0 aromatic carbocycles. The highest BCUT2D eigenvalue weighted by molar-refractivity contribution is 7.12. The van der Waals surface area contributed by atoms with Crippen LogP contribution in [0.4, 0.5) is 4.79 Å². The van der Waals surface area contributed by atoms with Crippen LogP contribution >= 0.6 is 11.3 Å². The van der Waals surface area contributed by atoms with Crippen molar-refractivity contribution in [3.63, 3.8) is 0 Å². The Hall–Kier alpha value is -3.33. The maximum atomic E-state index is 12.5. The molecule has 0 aliphatic carbocycles. The van der Waals surface area contributed by atoms with Crippen molar-refractivity contribution < 1.29 is 28.3 Å². The van der Waals surface area contributed by atoms with Gasteiger partial charge in [-0.05, 0) is 44.2 Å². The van der Waals surface area contributed by atoms with Gasteiger partial charge in [-0.3, -0.25) is 0 Å². The SMILES string of the molecule is CCOC(=O)C1=C(COC(=O)/C=C/c2ccc(C)s2)NC(=O)NC1c1ccco1. The summed E-state index contributed by atoms with van der Waals surface area (Å²) < 4.78 is 15.7. The highest BCUT2D eigenvalue weighted by atomic mass is 32.1. The summed E-state index contributed by atoms with van der Waals surface area (Å²) in [4.78, 5) is 38.7. The number of ether oxygens (including phenoxy) is 2. The fraction of sp³-hybridized carbons (Fsp3) is 0.250. The molecule has 2 aromatic heterocycles. The van der Waals surface area contributed by atoms with Gasteiger partial charge >= 0.3 is 18.0 Å². The fourth-order valence-electron chi connectivity index (χ4n) is 2.74. The van der Waals surface area contributed by atoms with Gasteiger partial charge in [0.15, 0.2) is 0 Å². The molecule has 1 atom stereocenters. The van der Waals surface area contributed by atoms with Crippen LogP contribution in [-0.4, -0.2) is 31.2 Å². The minimum absolute atomic E-state index is 0.118. The van der Waals surface area contributed by atoms with Crippen molar-refractivity contribution in [3.05, 3.63) is 63.4 Å².